The van der Waals surface area contributed by atoms with Crippen molar-refractivity contribution >= 4 is 11.6 Å². The summed E-state index contributed by atoms with van der Waals surface area (Å²) in [5, 5.41) is 7.44. The van der Waals surface area contributed by atoms with Gasteiger partial charge in [-0.3, -0.25) is 9.48 Å². The number of benzene rings is 1. The molecule has 0 atom stereocenters. The molecule has 0 aliphatic carbocycles. The van der Waals surface area contributed by atoms with E-state index in [1.807, 2.05) is 25.5 Å². The zero-order valence-corrected chi connectivity index (χ0v) is 12.5. The molecule has 1 amide bonds. The Bertz CT molecular complexity index is 611. The van der Waals surface area contributed by atoms with E-state index in [0.29, 0.717) is 6.42 Å². The van der Waals surface area contributed by atoms with Crippen molar-refractivity contribution in [3.63, 3.8) is 0 Å². The van der Waals surface area contributed by atoms with Crippen molar-refractivity contribution in [2.45, 2.75) is 40.7 Å². The number of nitrogens with one attached hydrogen (secondary N) is 1. The summed E-state index contributed by atoms with van der Waals surface area (Å²) >= 11 is 0. The van der Waals surface area contributed by atoms with Crippen molar-refractivity contribution in [2.24, 2.45) is 0 Å². The van der Waals surface area contributed by atoms with Crippen molar-refractivity contribution in [1.82, 2.24) is 9.78 Å². The number of nitrogens with zero attached hydrogens (tertiary/aromatic N) is 2. The molecule has 0 saturated carbocycles. The average Bonchev–Trinajstić information content (AvgIpc) is 2.69. The lowest BCUT2D eigenvalue weighted by Crippen LogP contribution is -2.11. The minimum absolute atomic E-state index is 0.0195. The van der Waals surface area contributed by atoms with Crippen molar-refractivity contribution in [3.05, 3.63) is 46.8 Å². The molecule has 0 radical (unpaired) electrons. The number of hydrogen-bond acceptors (Lipinski definition) is 2. The van der Waals surface area contributed by atoms with Crippen LogP contribution in [0.2, 0.25) is 0 Å². The first-order chi connectivity index (χ1) is 9.51. The topological polar surface area (TPSA) is 46.9 Å². The smallest absolute Gasteiger partial charge is 0.224 e. The van der Waals surface area contributed by atoms with E-state index in [9.17, 15) is 4.79 Å². The monoisotopic (exact) mass is 271 g/mol. The van der Waals surface area contributed by atoms with Gasteiger partial charge in [0, 0.05) is 6.42 Å². The number of amides is 1. The first-order valence-electron chi connectivity index (χ1n) is 6.90. The lowest BCUT2D eigenvalue weighted by Gasteiger charge is -2.07. The van der Waals surface area contributed by atoms with Gasteiger partial charge in [-0.25, -0.2) is 0 Å². The van der Waals surface area contributed by atoms with E-state index in [1.54, 1.807) is 0 Å². The third-order valence-corrected chi connectivity index (χ3v) is 3.42. The number of carbonyl (C=O) groups is 1. The van der Waals surface area contributed by atoms with Gasteiger partial charge < -0.3 is 5.32 Å². The van der Waals surface area contributed by atoms with E-state index in [-0.39, 0.29) is 5.91 Å². The molecule has 4 nitrogen and oxygen atoms in total. The average molecular weight is 271 g/mol. The van der Waals surface area contributed by atoms with Gasteiger partial charge in [0.25, 0.3) is 0 Å². The number of anilines is 1. The maximum absolute atomic E-state index is 11.5. The summed E-state index contributed by atoms with van der Waals surface area (Å²) in [4.78, 5) is 11.5. The summed E-state index contributed by atoms with van der Waals surface area (Å²) < 4.78 is 1.94. The Labute approximate surface area is 119 Å². The van der Waals surface area contributed by atoms with Crippen LogP contribution in [-0.2, 0) is 11.3 Å². The van der Waals surface area contributed by atoms with Gasteiger partial charge in [-0.1, -0.05) is 36.8 Å². The standard InChI is InChI=1S/C16H21N3O/c1-5-15(20)17-16-12(3)18-19(13(16)4)10-14-8-6-11(2)7-9-14/h6-9H,5,10H2,1-4H3,(H,17,20). The second kappa shape index (κ2) is 5.90. The zero-order chi connectivity index (χ0) is 14.7. The molecule has 1 heterocycles. The minimum atomic E-state index is 0.0195. The van der Waals surface area contributed by atoms with E-state index in [4.69, 9.17) is 0 Å². The number of aryl methyl sites for hydroxylation is 2. The molecule has 1 aromatic heterocycles. The van der Waals surface area contributed by atoms with E-state index < -0.39 is 0 Å². The van der Waals surface area contributed by atoms with E-state index in [1.165, 1.54) is 11.1 Å². The molecule has 4 heteroatoms. The summed E-state index contributed by atoms with van der Waals surface area (Å²) in [6, 6.07) is 8.41. The van der Waals surface area contributed by atoms with Crippen molar-refractivity contribution < 1.29 is 4.79 Å². The highest BCUT2D eigenvalue weighted by Crippen LogP contribution is 2.20. The number of carbonyl (C=O) groups excluding carboxylic acids is 1. The zero-order valence-electron chi connectivity index (χ0n) is 12.5. The molecule has 0 fully saturated rings. The van der Waals surface area contributed by atoms with Crippen LogP contribution in [0.15, 0.2) is 24.3 Å². The Balaban J connectivity index is 2.23. The summed E-state index contributed by atoms with van der Waals surface area (Å²) in [5.41, 5.74) is 5.14. The SMILES string of the molecule is CCC(=O)Nc1c(C)nn(Cc2ccc(C)cc2)c1C. The van der Waals surface area contributed by atoms with Crippen LogP contribution in [0.5, 0.6) is 0 Å². The maximum atomic E-state index is 11.5. The first-order valence-corrected chi connectivity index (χ1v) is 6.90. The number of rotatable bonds is 4. The summed E-state index contributed by atoms with van der Waals surface area (Å²) in [7, 11) is 0. The molecule has 0 aliphatic heterocycles. The Hall–Kier alpha value is -2.10. The highest BCUT2D eigenvalue weighted by atomic mass is 16.1. The van der Waals surface area contributed by atoms with Crippen molar-refractivity contribution in [3.8, 4) is 0 Å². The fourth-order valence-electron chi connectivity index (χ4n) is 2.13. The van der Waals surface area contributed by atoms with Crippen molar-refractivity contribution in [1.29, 1.82) is 0 Å². The van der Waals surface area contributed by atoms with Crippen LogP contribution in [0.4, 0.5) is 5.69 Å². The van der Waals surface area contributed by atoms with Crippen LogP contribution in [0.3, 0.4) is 0 Å². The third-order valence-electron chi connectivity index (χ3n) is 3.42. The normalized spacial score (nSPS) is 10.6. The van der Waals surface area contributed by atoms with Gasteiger partial charge in [-0.05, 0) is 26.3 Å². The molecule has 0 unspecified atom stereocenters. The van der Waals surface area contributed by atoms with Gasteiger partial charge in [0.2, 0.25) is 5.91 Å². The molecule has 106 valence electrons. The highest BCUT2D eigenvalue weighted by Gasteiger charge is 2.13. The van der Waals surface area contributed by atoms with Gasteiger partial charge in [0.1, 0.15) is 0 Å². The number of hydrogen-bond donors (Lipinski definition) is 1. The summed E-state index contributed by atoms with van der Waals surface area (Å²) in [6.45, 7) is 8.54. The molecule has 0 spiro atoms. The molecular formula is C16H21N3O. The Morgan fingerprint density at radius 3 is 2.45 bits per heavy atom. The Morgan fingerprint density at radius 2 is 1.85 bits per heavy atom. The van der Waals surface area contributed by atoms with Gasteiger partial charge in [0.05, 0.1) is 23.6 Å². The molecule has 2 rings (SSSR count). The van der Waals surface area contributed by atoms with E-state index >= 15 is 0 Å². The highest BCUT2D eigenvalue weighted by molar-refractivity contribution is 5.91. The second-order valence-corrected chi connectivity index (χ2v) is 5.09. The van der Waals surface area contributed by atoms with Gasteiger partial charge in [0.15, 0.2) is 0 Å². The predicted molar refractivity (Wildman–Crippen MR) is 80.9 cm³/mol. The Kier molecular flexibility index (Phi) is 4.23. The maximum Gasteiger partial charge on any atom is 0.224 e. The summed E-state index contributed by atoms with van der Waals surface area (Å²) in [5.74, 6) is 0.0195. The van der Waals surface area contributed by atoms with Gasteiger partial charge in [-0.15, -0.1) is 0 Å². The van der Waals surface area contributed by atoms with Crippen LogP contribution in [0.25, 0.3) is 0 Å². The predicted octanol–water partition coefficient (Wildman–Crippen LogP) is 3.21. The lowest BCUT2D eigenvalue weighted by molar-refractivity contribution is -0.115. The van der Waals surface area contributed by atoms with Crippen LogP contribution >= 0.6 is 0 Å². The van der Waals surface area contributed by atoms with Gasteiger partial charge in [-0.2, -0.15) is 5.10 Å². The van der Waals surface area contributed by atoms with Crippen LogP contribution in [0.1, 0.15) is 35.9 Å². The molecule has 1 aromatic carbocycles. The van der Waals surface area contributed by atoms with Crippen LogP contribution < -0.4 is 5.32 Å². The van der Waals surface area contributed by atoms with Crippen LogP contribution in [0, 0.1) is 20.8 Å². The van der Waals surface area contributed by atoms with E-state index in [0.717, 1.165) is 23.6 Å². The molecule has 0 bridgehead atoms. The summed E-state index contributed by atoms with van der Waals surface area (Å²) in [6.07, 6.45) is 0.474. The van der Waals surface area contributed by atoms with Crippen LogP contribution in [-0.4, -0.2) is 15.7 Å². The fourth-order valence-corrected chi connectivity index (χ4v) is 2.13. The molecule has 0 saturated heterocycles. The largest absolute Gasteiger partial charge is 0.323 e. The lowest BCUT2D eigenvalue weighted by atomic mass is 10.1. The molecular weight excluding hydrogens is 250 g/mol. The Morgan fingerprint density at radius 1 is 1.20 bits per heavy atom. The minimum Gasteiger partial charge on any atom is -0.323 e. The fraction of sp³-hybridized carbons (Fsp3) is 0.375. The first kappa shape index (κ1) is 14.3. The number of aromatic nitrogens is 2. The quantitative estimate of drug-likeness (QED) is 0.928. The molecule has 0 aliphatic rings. The van der Waals surface area contributed by atoms with Gasteiger partial charge >= 0.3 is 0 Å². The molecule has 1 N–H and O–H groups in total. The molecule has 2 aromatic rings. The van der Waals surface area contributed by atoms with E-state index in [2.05, 4.69) is 41.6 Å². The van der Waals surface area contributed by atoms with Crippen molar-refractivity contribution in [2.75, 3.05) is 5.32 Å². The molecule has 20 heavy (non-hydrogen) atoms. The second-order valence-electron chi connectivity index (χ2n) is 5.09. The third kappa shape index (κ3) is 3.07.